The number of pyridine rings is 1. The Labute approximate surface area is 192 Å². The van der Waals surface area contributed by atoms with Crippen LogP contribution in [0.15, 0.2) is 36.7 Å². The molecule has 33 heavy (non-hydrogen) atoms. The van der Waals surface area contributed by atoms with E-state index in [0.29, 0.717) is 21.7 Å². The van der Waals surface area contributed by atoms with Crippen molar-refractivity contribution in [3.8, 4) is 0 Å². The number of aromatic nitrogens is 1. The summed E-state index contributed by atoms with van der Waals surface area (Å²) in [5.41, 5.74) is 1.86. The minimum Gasteiger partial charge on any atom is -0.481 e. The van der Waals surface area contributed by atoms with Gasteiger partial charge in [0, 0.05) is 28.9 Å². The zero-order valence-electron chi connectivity index (χ0n) is 17.3. The second-order valence-corrected chi connectivity index (χ2v) is 7.76. The Bertz CT molecular complexity index is 1030. The first-order valence-corrected chi connectivity index (χ1v) is 10.2. The molecular formula is C20H20ClN3O9. The van der Waals surface area contributed by atoms with E-state index >= 15 is 0 Å². The smallest absolute Gasteiger partial charge is 0.311 e. The second-order valence-electron chi connectivity index (χ2n) is 7.32. The van der Waals surface area contributed by atoms with E-state index < -0.39 is 40.2 Å². The van der Waals surface area contributed by atoms with E-state index in [1.807, 2.05) is 0 Å². The van der Waals surface area contributed by atoms with Crippen LogP contribution in [-0.4, -0.2) is 38.4 Å². The van der Waals surface area contributed by atoms with Crippen molar-refractivity contribution < 1.29 is 34.5 Å². The lowest BCUT2D eigenvalue weighted by molar-refractivity contribution is -0.799. The summed E-state index contributed by atoms with van der Waals surface area (Å²) in [6.07, 6.45) is -0.236. The van der Waals surface area contributed by atoms with Crippen molar-refractivity contribution in [1.29, 1.82) is 0 Å². The SMILES string of the molecule is CC[C@@H](O[N+](=O)[O-])[C@H](O[N+](=O)[O-])[C@H](c1ccc(Cl)cc1)C(C(=O)O)c1cncc2c1COC2. The van der Waals surface area contributed by atoms with E-state index in [2.05, 4.69) is 9.82 Å². The van der Waals surface area contributed by atoms with Crippen LogP contribution < -0.4 is 0 Å². The maximum atomic E-state index is 12.6. The number of rotatable bonds is 11. The Morgan fingerprint density at radius 2 is 1.85 bits per heavy atom. The second kappa shape index (κ2) is 10.4. The van der Waals surface area contributed by atoms with Gasteiger partial charge in [-0.05, 0) is 35.2 Å². The van der Waals surface area contributed by atoms with E-state index in [0.717, 1.165) is 0 Å². The molecule has 2 aromatic rings. The normalized spacial score (nSPS) is 16.2. The zero-order valence-corrected chi connectivity index (χ0v) is 18.1. The van der Waals surface area contributed by atoms with Gasteiger partial charge in [0.15, 0.2) is 0 Å². The summed E-state index contributed by atoms with van der Waals surface area (Å²) in [4.78, 5) is 48.7. The Morgan fingerprint density at radius 1 is 1.18 bits per heavy atom. The van der Waals surface area contributed by atoms with Crippen LogP contribution in [0, 0.1) is 20.2 Å². The molecule has 0 radical (unpaired) electrons. The number of hydrogen-bond acceptors (Lipinski definition) is 9. The average Bonchev–Trinajstić information content (AvgIpc) is 3.24. The van der Waals surface area contributed by atoms with Gasteiger partial charge in [0.2, 0.25) is 0 Å². The molecule has 1 aliphatic heterocycles. The minimum absolute atomic E-state index is 0.0653. The number of halogens is 1. The summed E-state index contributed by atoms with van der Waals surface area (Å²) in [6.45, 7) is 1.88. The van der Waals surface area contributed by atoms with Gasteiger partial charge in [0.1, 0.15) is 12.2 Å². The van der Waals surface area contributed by atoms with Gasteiger partial charge in [0.05, 0.1) is 19.1 Å². The van der Waals surface area contributed by atoms with E-state index in [1.54, 1.807) is 6.20 Å². The highest BCUT2D eigenvalue weighted by Gasteiger charge is 2.45. The maximum absolute atomic E-state index is 12.6. The number of nitrogens with zero attached hydrogens (tertiary/aromatic N) is 3. The molecule has 3 rings (SSSR count). The summed E-state index contributed by atoms with van der Waals surface area (Å²) in [5, 5.41) is 30.9. The van der Waals surface area contributed by atoms with Crippen molar-refractivity contribution in [2.45, 2.75) is 50.6 Å². The Hall–Kier alpha value is -3.51. The zero-order chi connectivity index (χ0) is 24.1. The molecule has 1 N–H and O–H groups in total. The van der Waals surface area contributed by atoms with Crippen molar-refractivity contribution in [1.82, 2.24) is 4.98 Å². The molecule has 0 spiro atoms. The molecule has 0 saturated carbocycles. The first-order chi connectivity index (χ1) is 15.7. The van der Waals surface area contributed by atoms with Crippen molar-refractivity contribution in [3.05, 3.63) is 84.2 Å². The van der Waals surface area contributed by atoms with Crippen LogP contribution >= 0.6 is 11.6 Å². The van der Waals surface area contributed by atoms with E-state index in [-0.39, 0.29) is 25.2 Å². The minimum atomic E-state index is -1.64. The lowest BCUT2D eigenvalue weighted by Gasteiger charge is -2.34. The number of aliphatic carboxylic acids is 1. The highest BCUT2D eigenvalue weighted by Crippen LogP contribution is 2.42. The standard InChI is InChI=1S/C20H20ClN3O9/c1-2-16(32-23(27)28)19(33-24(29)30)17(11-3-5-13(21)6-4-11)18(20(25)26)14-8-22-7-12-9-31-10-15(12)14/h3-8,16-19H,2,9-10H2,1H3,(H,25,26)/t16-,17-,18?,19+/m1/s1. The summed E-state index contributed by atoms with van der Waals surface area (Å²) in [6, 6.07) is 5.95. The van der Waals surface area contributed by atoms with Gasteiger partial charge in [-0.1, -0.05) is 30.7 Å². The first-order valence-electron chi connectivity index (χ1n) is 9.86. The third-order valence-corrected chi connectivity index (χ3v) is 5.70. The fourth-order valence-electron chi connectivity index (χ4n) is 4.06. The molecule has 0 aliphatic carbocycles. The molecule has 1 unspecified atom stereocenters. The molecule has 0 amide bonds. The van der Waals surface area contributed by atoms with Gasteiger partial charge in [-0.3, -0.25) is 9.78 Å². The fraction of sp³-hybridized carbons (Fsp3) is 0.400. The molecule has 4 atom stereocenters. The van der Waals surface area contributed by atoms with Gasteiger partial charge in [-0.2, -0.15) is 0 Å². The lowest BCUT2D eigenvalue weighted by atomic mass is 9.75. The van der Waals surface area contributed by atoms with E-state index in [9.17, 15) is 30.1 Å². The average molecular weight is 482 g/mol. The maximum Gasteiger partial charge on any atom is 0.311 e. The number of benzene rings is 1. The molecule has 1 aliphatic rings. The van der Waals surface area contributed by atoms with Crippen LogP contribution in [-0.2, 0) is 32.4 Å². The van der Waals surface area contributed by atoms with Crippen molar-refractivity contribution in [3.63, 3.8) is 0 Å². The molecule has 0 saturated heterocycles. The Kier molecular flexibility index (Phi) is 7.61. The van der Waals surface area contributed by atoms with Gasteiger partial charge in [0.25, 0.3) is 10.2 Å². The van der Waals surface area contributed by atoms with Crippen molar-refractivity contribution >= 4 is 17.6 Å². The van der Waals surface area contributed by atoms with Crippen LogP contribution in [0.2, 0.25) is 5.02 Å². The van der Waals surface area contributed by atoms with Crippen LogP contribution in [0.1, 0.15) is 47.4 Å². The van der Waals surface area contributed by atoms with Crippen LogP contribution in [0.5, 0.6) is 0 Å². The van der Waals surface area contributed by atoms with Crippen LogP contribution in [0.25, 0.3) is 0 Å². The lowest BCUT2D eigenvalue weighted by Crippen LogP contribution is -2.43. The molecule has 13 heteroatoms. The molecule has 176 valence electrons. The number of hydrogen-bond donors (Lipinski definition) is 1. The highest BCUT2D eigenvalue weighted by atomic mass is 35.5. The van der Waals surface area contributed by atoms with Crippen molar-refractivity contribution in [2.75, 3.05) is 0 Å². The molecular weight excluding hydrogens is 462 g/mol. The highest BCUT2D eigenvalue weighted by molar-refractivity contribution is 6.30. The van der Waals surface area contributed by atoms with Gasteiger partial charge in [-0.15, -0.1) is 20.2 Å². The van der Waals surface area contributed by atoms with Crippen molar-refractivity contribution in [2.24, 2.45) is 0 Å². The Morgan fingerprint density at radius 3 is 2.42 bits per heavy atom. The number of carboxylic acids is 1. The summed E-state index contributed by atoms with van der Waals surface area (Å²) in [5.74, 6) is -4.03. The Balaban J connectivity index is 2.23. The van der Waals surface area contributed by atoms with Gasteiger partial charge in [-0.25, -0.2) is 0 Å². The van der Waals surface area contributed by atoms with Crippen LogP contribution in [0.3, 0.4) is 0 Å². The number of carboxylic acid groups (broad SMARTS) is 1. The third-order valence-electron chi connectivity index (χ3n) is 5.45. The van der Waals surface area contributed by atoms with Gasteiger partial charge >= 0.3 is 5.97 Å². The topological polar surface area (TPSA) is 164 Å². The van der Waals surface area contributed by atoms with E-state index in [1.165, 1.54) is 37.4 Å². The summed E-state index contributed by atoms with van der Waals surface area (Å²) in [7, 11) is 0. The molecule has 1 aromatic carbocycles. The summed E-state index contributed by atoms with van der Waals surface area (Å²) < 4.78 is 5.43. The molecule has 2 heterocycles. The first kappa shape index (κ1) is 24.1. The molecule has 0 fully saturated rings. The molecule has 0 bridgehead atoms. The monoisotopic (exact) mass is 481 g/mol. The third kappa shape index (κ3) is 5.46. The fourth-order valence-corrected chi connectivity index (χ4v) is 4.18. The number of ether oxygens (including phenoxy) is 1. The molecule has 12 nitrogen and oxygen atoms in total. The molecule has 1 aromatic heterocycles. The quantitative estimate of drug-likeness (QED) is 0.371. The number of fused-ring (bicyclic) bond motifs is 1. The summed E-state index contributed by atoms with van der Waals surface area (Å²) >= 11 is 5.98. The largest absolute Gasteiger partial charge is 0.481 e. The number of carbonyl (C=O) groups is 1. The van der Waals surface area contributed by atoms with Gasteiger partial charge < -0.3 is 19.5 Å². The van der Waals surface area contributed by atoms with Crippen LogP contribution in [0.4, 0.5) is 0 Å². The predicted molar refractivity (Wildman–Crippen MR) is 111 cm³/mol. The van der Waals surface area contributed by atoms with E-state index in [4.69, 9.17) is 21.2 Å². The predicted octanol–water partition coefficient (Wildman–Crippen LogP) is 3.28.